The number of sulfonamides is 1. The van der Waals surface area contributed by atoms with Crippen LogP contribution >= 0.6 is 0 Å². The molecule has 0 amide bonds. The van der Waals surface area contributed by atoms with Gasteiger partial charge in [-0.25, -0.2) is 8.42 Å². The molecular weight excluding hydrogens is 212 g/mol. The second kappa shape index (κ2) is 4.39. The molecule has 90 valence electrons. The molecule has 0 saturated heterocycles. The van der Waals surface area contributed by atoms with Crippen molar-refractivity contribution in [2.75, 3.05) is 18.8 Å². The van der Waals surface area contributed by atoms with Crippen LogP contribution in [0.25, 0.3) is 0 Å². The molecule has 1 aliphatic rings. The number of nitrogens with two attached hydrogens (primary N) is 1. The highest BCUT2D eigenvalue weighted by Gasteiger charge is 2.38. The minimum absolute atomic E-state index is 0.194. The molecule has 0 aromatic heterocycles. The van der Waals surface area contributed by atoms with E-state index < -0.39 is 10.0 Å². The molecule has 0 unspecified atom stereocenters. The maximum absolute atomic E-state index is 12.1. The van der Waals surface area contributed by atoms with Gasteiger partial charge in [-0.15, -0.1) is 0 Å². The van der Waals surface area contributed by atoms with Gasteiger partial charge in [-0.3, -0.25) is 0 Å². The monoisotopic (exact) mass is 234 g/mol. The Morgan fingerprint density at radius 2 is 1.87 bits per heavy atom. The molecule has 0 aliphatic heterocycles. The standard InChI is InChI=1S/C10H22N2O2S/c1-10(2,3)8-15(13,14)12(7-6-11)9-4-5-9/h9H,4-8,11H2,1-3H3. The van der Waals surface area contributed by atoms with E-state index in [4.69, 9.17) is 5.73 Å². The first-order chi connectivity index (χ1) is 6.76. The molecule has 0 heterocycles. The van der Waals surface area contributed by atoms with Gasteiger partial charge in [0, 0.05) is 19.1 Å². The fraction of sp³-hybridized carbons (Fsp3) is 1.00. The summed E-state index contributed by atoms with van der Waals surface area (Å²) >= 11 is 0. The number of nitrogens with zero attached hydrogens (tertiary/aromatic N) is 1. The molecule has 1 saturated carbocycles. The van der Waals surface area contributed by atoms with Crippen LogP contribution in [0.5, 0.6) is 0 Å². The fourth-order valence-electron chi connectivity index (χ4n) is 1.67. The molecule has 2 N–H and O–H groups in total. The van der Waals surface area contributed by atoms with Crippen LogP contribution in [0.2, 0.25) is 0 Å². The third kappa shape index (κ3) is 4.09. The SMILES string of the molecule is CC(C)(C)CS(=O)(=O)N(CCN)C1CC1. The lowest BCUT2D eigenvalue weighted by Crippen LogP contribution is -2.41. The van der Waals surface area contributed by atoms with Crippen LogP contribution in [0.15, 0.2) is 0 Å². The quantitative estimate of drug-likeness (QED) is 0.765. The van der Waals surface area contributed by atoms with Crippen molar-refractivity contribution < 1.29 is 8.42 Å². The summed E-state index contributed by atoms with van der Waals surface area (Å²) in [6.45, 7) is 6.69. The Balaban J connectivity index is 2.72. The molecule has 1 aliphatic carbocycles. The Morgan fingerprint density at radius 3 is 2.20 bits per heavy atom. The summed E-state index contributed by atoms with van der Waals surface area (Å²) in [6, 6.07) is 0.223. The van der Waals surface area contributed by atoms with Crippen LogP contribution in [-0.4, -0.2) is 37.6 Å². The largest absolute Gasteiger partial charge is 0.329 e. The van der Waals surface area contributed by atoms with Crippen molar-refractivity contribution in [2.24, 2.45) is 11.1 Å². The van der Waals surface area contributed by atoms with Crippen molar-refractivity contribution in [3.05, 3.63) is 0 Å². The Bertz CT molecular complexity index is 302. The molecule has 0 aromatic rings. The highest BCUT2D eigenvalue weighted by Crippen LogP contribution is 2.31. The predicted molar refractivity (Wildman–Crippen MR) is 62.0 cm³/mol. The van der Waals surface area contributed by atoms with E-state index in [1.807, 2.05) is 20.8 Å². The summed E-state index contributed by atoms with van der Waals surface area (Å²) in [4.78, 5) is 0. The Labute approximate surface area is 92.9 Å². The zero-order chi connectivity index (χ0) is 11.7. The second-order valence-electron chi connectivity index (χ2n) is 5.45. The van der Waals surface area contributed by atoms with Crippen LogP contribution in [0.3, 0.4) is 0 Å². The van der Waals surface area contributed by atoms with Gasteiger partial charge < -0.3 is 5.73 Å². The smallest absolute Gasteiger partial charge is 0.214 e. The summed E-state index contributed by atoms with van der Waals surface area (Å²) in [5.74, 6) is 0.205. The first-order valence-corrected chi connectivity index (χ1v) is 7.07. The highest BCUT2D eigenvalue weighted by atomic mass is 32.2. The summed E-state index contributed by atoms with van der Waals surface area (Å²) in [7, 11) is -3.13. The van der Waals surface area contributed by atoms with Gasteiger partial charge >= 0.3 is 0 Å². The van der Waals surface area contributed by atoms with Gasteiger partial charge in [0.1, 0.15) is 0 Å². The predicted octanol–water partition coefficient (Wildman–Crippen LogP) is 0.785. The number of hydrogen-bond donors (Lipinski definition) is 1. The normalized spacial score (nSPS) is 18.5. The maximum atomic E-state index is 12.1. The molecule has 1 rings (SSSR count). The van der Waals surface area contributed by atoms with Gasteiger partial charge in [0.15, 0.2) is 0 Å². The van der Waals surface area contributed by atoms with Gasteiger partial charge in [-0.1, -0.05) is 20.8 Å². The number of hydrogen-bond acceptors (Lipinski definition) is 3. The highest BCUT2D eigenvalue weighted by molar-refractivity contribution is 7.89. The van der Waals surface area contributed by atoms with Crippen LogP contribution in [0, 0.1) is 5.41 Å². The summed E-state index contributed by atoms with van der Waals surface area (Å²) in [5, 5.41) is 0. The molecule has 0 spiro atoms. The van der Waals surface area contributed by atoms with Crippen molar-refractivity contribution in [3.8, 4) is 0 Å². The van der Waals surface area contributed by atoms with Gasteiger partial charge in [0.25, 0.3) is 0 Å². The maximum Gasteiger partial charge on any atom is 0.214 e. The number of rotatable bonds is 5. The van der Waals surface area contributed by atoms with Crippen molar-refractivity contribution in [1.29, 1.82) is 0 Å². The van der Waals surface area contributed by atoms with E-state index >= 15 is 0 Å². The first kappa shape index (κ1) is 12.9. The molecule has 1 fully saturated rings. The lowest BCUT2D eigenvalue weighted by Gasteiger charge is -2.26. The molecule has 0 bridgehead atoms. The second-order valence-corrected chi connectivity index (χ2v) is 7.37. The van der Waals surface area contributed by atoms with E-state index in [9.17, 15) is 8.42 Å². The van der Waals surface area contributed by atoms with Gasteiger partial charge in [-0.2, -0.15) is 4.31 Å². The topological polar surface area (TPSA) is 63.4 Å². The molecule has 0 aromatic carbocycles. The molecule has 15 heavy (non-hydrogen) atoms. The summed E-state index contributed by atoms with van der Waals surface area (Å²) in [6.07, 6.45) is 1.98. The van der Waals surface area contributed by atoms with Gasteiger partial charge in [0.05, 0.1) is 5.75 Å². The third-order valence-corrected chi connectivity index (χ3v) is 4.70. The van der Waals surface area contributed by atoms with Crippen molar-refractivity contribution in [3.63, 3.8) is 0 Å². The van der Waals surface area contributed by atoms with E-state index in [0.29, 0.717) is 13.1 Å². The van der Waals surface area contributed by atoms with Gasteiger partial charge in [0.2, 0.25) is 10.0 Å². The summed E-state index contributed by atoms with van der Waals surface area (Å²) < 4.78 is 25.8. The lowest BCUT2D eigenvalue weighted by atomic mass is 10.0. The molecule has 4 nitrogen and oxygen atoms in total. The van der Waals surface area contributed by atoms with E-state index in [2.05, 4.69) is 0 Å². The third-order valence-electron chi connectivity index (χ3n) is 2.28. The van der Waals surface area contributed by atoms with Crippen molar-refractivity contribution in [1.82, 2.24) is 4.31 Å². The van der Waals surface area contributed by atoms with Crippen LogP contribution < -0.4 is 5.73 Å². The van der Waals surface area contributed by atoms with E-state index in [0.717, 1.165) is 12.8 Å². The minimum atomic E-state index is -3.13. The zero-order valence-electron chi connectivity index (χ0n) is 9.86. The average Bonchev–Trinajstić information content (AvgIpc) is 2.77. The van der Waals surface area contributed by atoms with E-state index in [1.54, 1.807) is 4.31 Å². The molecule has 0 radical (unpaired) electrons. The lowest BCUT2D eigenvalue weighted by molar-refractivity contribution is 0.387. The van der Waals surface area contributed by atoms with E-state index in [-0.39, 0.29) is 17.2 Å². The van der Waals surface area contributed by atoms with E-state index in [1.165, 1.54) is 0 Å². The van der Waals surface area contributed by atoms with Crippen LogP contribution in [-0.2, 0) is 10.0 Å². The first-order valence-electron chi connectivity index (χ1n) is 5.46. The zero-order valence-corrected chi connectivity index (χ0v) is 10.7. The summed E-state index contributed by atoms with van der Waals surface area (Å²) in [5.41, 5.74) is 5.26. The average molecular weight is 234 g/mol. The molecule has 0 atom stereocenters. The molecule has 5 heteroatoms. The van der Waals surface area contributed by atoms with Gasteiger partial charge in [-0.05, 0) is 18.3 Å². The molecular formula is C10H22N2O2S. The van der Waals surface area contributed by atoms with Crippen molar-refractivity contribution >= 4 is 10.0 Å². The Hall–Kier alpha value is -0.130. The van der Waals surface area contributed by atoms with Crippen LogP contribution in [0.1, 0.15) is 33.6 Å². The van der Waals surface area contributed by atoms with Crippen molar-refractivity contribution in [2.45, 2.75) is 39.7 Å². The minimum Gasteiger partial charge on any atom is -0.329 e. The van der Waals surface area contributed by atoms with Crippen LogP contribution in [0.4, 0.5) is 0 Å². The Morgan fingerprint density at radius 1 is 1.33 bits per heavy atom. The fourth-order valence-corrected chi connectivity index (χ4v) is 3.98. The Kier molecular flexibility index (Phi) is 3.79.